The lowest BCUT2D eigenvalue weighted by molar-refractivity contribution is 0.114. The first-order valence-corrected chi connectivity index (χ1v) is 3.16. The second kappa shape index (κ2) is 9.40. The predicted octanol–water partition coefficient (Wildman–Crippen LogP) is 0.514. The monoisotopic (exact) mass is 115 g/mol. The molecule has 0 fully saturated rings. The van der Waals surface area contributed by atoms with Crippen molar-refractivity contribution in [1.29, 1.82) is 0 Å². The third-order valence-electron chi connectivity index (χ3n) is 0.175. The van der Waals surface area contributed by atoms with Crippen molar-refractivity contribution in [1.82, 2.24) is 0 Å². The maximum atomic E-state index is 9.15. The molecule has 0 aromatic carbocycles. The molecular weight excluding hydrogens is 108 g/mol. The molecule has 0 aliphatic carbocycles. The summed E-state index contributed by atoms with van der Waals surface area (Å²) in [5.74, 6) is 0. The number of hydrogen-bond acceptors (Lipinski definition) is 2. The van der Waals surface area contributed by atoms with E-state index >= 15 is 0 Å². The van der Waals surface area contributed by atoms with Gasteiger partial charge in [0.25, 0.3) is 5.05 Å². The standard InChI is InChI=1S/C2H4O3.CH3.Mg/c1-5-2(3)4;;/h1H3,(H,3,4);1H3;/q;;+2. The summed E-state index contributed by atoms with van der Waals surface area (Å²) in [6, 6.07) is 0. The van der Waals surface area contributed by atoms with Crippen LogP contribution >= 0.6 is 0 Å². The number of carboxylic acid groups (broad SMARTS) is 1. The fourth-order valence-corrected chi connectivity index (χ4v) is 0. The van der Waals surface area contributed by atoms with Crippen molar-refractivity contribution in [2.24, 2.45) is 0 Å². The highest BCUT2D eigenvalue weighted by Gasteiger charge is 1.99. The normalized spacial score (nSPS) is 5.57. The summed E-state index contributed by atoms with van der Waals surface area (Å²) in [5.41, 5.74) is 0. The lowest BCUT2D eigenvalue weighted by Crippen LogP contribution is -1.91. The molecule has 0 aliphatic rings. The minimum atomic E-state index is -1.25. The Bertz CT molecular complexity index is 45.4. The number of ether oxygens (including phenoxy) is 1. The van der Waals surface area contributed by atoms with Crippen LogP contribution in [0.2, 0.25) is 5.05 Å². The van der Waals surface area contributed by atoms with Crippen molar-refractivity contribution < 1.29 is 14.6 Å². The smallest absolute Gasteiger partial charge is 0.450 e. The zero-order chi connectivity index (χ0) is 6.28. The van der Waals surface area contributed by atoms with Gasteiger partial charge >= 0.3 is 27.9 Å². The molecule has 37 valence electrons. The quantitative estimate of drug-likeness (QED) is 0.370. The molecule has 7 radical (unpaired) electrons. The molecule has 0 aliphatic heterocycles. The van der Waals surface area contributed by atoms with Gasteiger partial charge in [-0.1, -0.05) is 0 Å². The van der Waals surface area contributed by atoms with Crippen molar-refractivity contribution in [3.05, 3.63) is 0 Å². The van der Waals surface area contributed by atoms with Crippen LogP contribution < -0.4 is 0 Å². The van der Waals surface area contributed by atoms with Gasteiger partial charge in [-0.15, -0.1) is 0 Å². The lowest BCUT2D eigenvalue weighted by atomic mass is 11.4. The second-order valence-electron chi connectivity index (χ2n) is 0.470. The second-order valence-corrected chi connectivity index (χ2v) is 0.470. The Kier molecular flexibility index (Phi) is 13.6. The van der Waals surface area contributed by atoms with Gasteiger partial charge in [0, 0.05) is 0 Å². The molecule has 0 heterocycles. The molecule has 0 saturated heterocycles. The fraction of sp³-hybridized carbons (Fsp3) is 0.667. The first-order valence-electron chi connectivity index (χ1n) is 1.75. The largest absolute Gasteiger partial charge is 1.41 e. The maximum Gasteiger partial charge on any atom is 1.41 e. The lowest BCUT2D eigenvalue weighted by Gasteiger charge is -1.79. The Morgan fingerprint density at radius 3 is 1.86 bits per heavy atom. The van der Waals surface area contributed by atoms with Gasteiger partial charge in [-0.3, -0.25) is 0 Å². The maximum absolute atomic E-state index is 9.15. The molecule has 0 unspecified atom stereocenters. The Morgan fingerprint density at radius 2 is 1.86 bits per heavy atom. The molecule has 0 bridgehead atoms. The van der Waals surface area contributed by atoms with Crippen LogP contribution in [0.3, 0.4) is 0 Å². The van der Waals surface area contributed by atoms with Gasteiger partial charge < -0.3 is 9.84 Å². The molecule has 4 heteroatoms. The molecule has 0 rings (SSSR count). The summed E-state index contributed by atoms with van der Waals surface area (Å²) < 4.78 is 3.67. The van der Waals surface area contributed by atoms with E-state index in [4.69, 9.17) is 9.90 Å². The molecule has 0 amide bonds. The van der Waals surface area contributed by atoms with Crippen molar-refractivity contribution in [2.45, 2.75) is 5.05 Å². The Hall–Kier alpha value is 0.0362. The Morgan fingerprint density at radius 1 is 1.71 bits per heavy atom. The van der Waals surface area contributed by atoms with E-state index in [1.54, 1.807) is 0 Å². The van der Waals surface area contributed by atoms with Gasteiger partial charge in [-0.25, -0.2) is 4.79 Å². The van der Waals surface area contributed by atoms with Crippen LogP contribution in [-0.4, -0.2) is 40.1 Å². The minimum absolute atomic E-state index is 1.10. The summed E-state index contributed by atoms with van der Waals surface area (Å²) in [7, 11) is 1.10. The van der Waals surface area contributed by atoms with Crippen LogP contribution in [0.1, 0.15) is 0 Å². The van der Waals surface area contributed by atoms with E-state index in [0.717, 1.165) is 7.11 Å². The Labute approximate surface area is 55.1 Å². The molecule has 7 heavy (non-hydrogen) atoms. The van der Waals surface area contributed by atoms with Crippen LogP contribution in [0.4, 0.5) is 4.79 Å². The minimum Gasteiger partial charge on any atom is -0.450 e. The third-order valence-corrected chi connectivity index (χ3v) is 0.175. The first-order chi connectivity index (χ1) is 3.27. The average molecular weight is 115 g/mol. The molecule has 0 aromatic heterocycles. The van der Waals surface area contributed by atoms with Gasteiger partial charge in [0.05, 0.1) is 7.11 Å². The van der Waals surface area contributed by atoms with Crippen LogP contribution in [0.15, 0.2) is 0 Å². The van der Waals surface area contributed by atoms with E-state index in [9.17, 15) is 0 Å². The number of carbonyl (C=O) groups is 1. The molecule has 0 spiro atoms. The summed E-state index contributed by atoms with van der Waals surface area (Å²) in [4.78, 5) is 9.15. The molecule has 3 nitrogen and oxygen atoms in total. The van der Waals surface area contributed by atoms with E-state index in [2.05, 4.69) is 4.74 Å². The zero-order valence-electron chi connectivity index (χ0n) is 4.47. The number of rotatable bonds is 0. The van der Waals surface area contributed by atoms with Gasteiger partial charge in [0.1, 0.15) is 0 Å². The average Bonchev–Trinajstić information content (AvgIpc) is 1.73. The summed E-state index contributed by atoms with van der Waals surface area (Å²) in [6.07, 6.45) is -1.25. The van der Waals surface area contributed by atoms with Crippen molar-refractivity contribution >= 4 is 27.9 Å². The topological polar surface area (TPSA) is 46.5 Å². The van der Waals surface area contributed by atoms with Crippen molar-refractivity contribution in [3.8, 4) is 0 Å². The van der Waals surface area contributed by atoms with E-state index in [0.29, 0.717) is 0 Å². The highest BCUT2D eigenvalue weighted by Crippen LogP contribution is 1.60. The van der Waals surface area contributed by atoms with Gasteiger partial charge in [-0.05, 0) is 0 Å². The summed E-state index contributed by atoms with van der Waals surface area (Å²) >= 11 is 1.86. The van der Waals surface area contributed by atoms with E-state index in [-0.39, 0.29) is 0 Å². The third kappa shape index (κ3) is 23.7. The van der Waals surface area contributed by atoms with Crippen molar-refractivity contribution in [2.75, 3.05) is 7.11 Å². The summed E-state index contributed by atoms with van der Waals surface area (Å²) in [5, 5.41) is 9.53. The van der Waals surface area contributed by atoms with E-state index in [1.807, 2.05) is 26.8 Å². The van der Waals surface area contributed by atoms with Crippen LogP contribution in [0.25, 0.3) is 0 Å². The molecule has 0 saturated carbocycles. The number of hydrogen-bond donors (Lipinski definition) is 1. The van der Waals surface area contributed by atoms with E-state index < -0.39 is 6.16 Å². The number of methoxy groups -OCH3 is 1. The zero-order valence-corrected chi connectivity index (χ0v) is 5.89. The highest BCUT2D eigenvalue weighted by molar-refractivity contribution is 6.05. The van der Waals surface area contributed by atoms with Crippen molar-refractivity contribution in [3.63, 3.8) is 0 Å². The van der Waals surface area contributed by atoms with Gasteiger partial charge in [0.15, 0.2) is 0 Å². The first kappa shape index (κ1) is 10.1. The SMILES string of the molecule is COC(=O)O.[CH3][Mg+2]. The fourth-order valence-electron chi connectivity index (χ4n) is 0. The summed E-state index contributed by atoms with van der Waals surface area (Å²) in [6.45, 7) is 0. The van der Waals surface area contributed by atoms with Crippen LogP contribution in [0, 0.1) is 0 Å². The molecule has 1 N–H and O–H groups in total. The molecule has 0 atom stereocenters. The van der Waals surface area contributed by atoms with Gasteiger partial charge in [-0.2, -0.15) is 0 Å². The predicted molar refractivity (Wildman–Crippen MR) is 26.7 cm³/mol. The van der Waals surface area contributed by atoms with Crippen LogP contribution in [-0.2, 0) is 4.74 Å². The molecular formula is C3H7MgO3+2. The highest BCUT2D eigenvalue weighted by atomic mass is 24.4. The van der Waals surface area contributed by atoms with E-state index in [1.165, 1.54) is 0 Å². The molecule has 0 aromatic rings. The Balaban J connectivity index is 0. The van der Waals surface area contributed by atoms with Crippen LogP contribution in [0.5, 0.6) is 0 Å². The van der Waals surface area contributed by atoms with Gasteiger partial charge in [0.2, 0.25) is 0 Å².